The van der Waals surface area contributed by atoms with Crippen LogP contribution in [0.2, 0.25) is 0 Å². The standard InChI is InChI=1S/C25H30N4/c26-19-22-20-27-25(28-23-17-13-9-5-2-6-10-14-18-23)29-24(22)21-15-11-7-3-1-4-8-12-16-21/h1,3-4,7-8,11-12,15-16,20,23H,2,5-6,9-10,13-14,17-18H2,(H,27,28,29). The summed E-state index contributed by atoms with van der Waals surface area (Å²) in [5, 5.41) is 13.1. The third-order valence-electron chi connectivity index (χ3n) is 5.34. The van der Waals surface area contributed by atoms with Gasteiger partial charge >= 0.3 is 0 Å². The largest absolute Gasteiger partial charge is 0.351 e. The molecule has 2 aromatic rings. The molecule has 1 N–H and O–H groups in total. The first kappa shape index (κ1) is 20.8. The van der Waals surface area contributed by atoms with Crippen molar-refractivity contribution in [3.8, 4) is 17.3 Å². The molecule has 1 aliphatic rings. The van der Waals surface area contributed by atoms with Crippen molar-refractivity contribution in [2.75, 3.05) is 5.32 Å². The molecule has 150 valence electrons. The van der Waals surface area contributed by atoms with Crippen LogP contribution in [0.3, 0.4) is 0 Å². The first-order valence-corrected chi connectivity index (χ1v) is 10.8. The van der Waals surface area contributed by atoms with E-state index in [2.05, 4.69) is 16.4 Å². The van der Waals surface area contributed by atoms with Gasteiger partial charge in [-0.1, -0.05) is 99.5 Å². The van der Waals surface area contributed by atoms with Crippen LogP contribution in [0.4, 0.5) is 5.95 Å². The molecule has 1 fully saturated rings. The van der Waals surface area contributed by atoms with Gasteiger partial charge in [-0.25, -0.2) is 9.97 Å². The molecular formula is C25H30N4. The zero-order chi connectivity index (χ0) is 20.2. The van der Waals surface area contributed by atoms with Gasteiger partial charge in [0.2, 0.25) is 5.95 Å². The highest BCUT2D eigenvalue weighted by molar-refractivity contribution is 5.66. The van der Waals surface area contributed by atoms with Crippen molar-refractivity contribution >= 4 is 5.95 Å². The molecule has 0 atom stereocenters. The van der Waals surface area contributed by atoms with Gasteiger partial charge in [-0.2, -0.15) is 5.26 Å². The Kier molecular flexibility index (Phi) is 8.47. The number of anilines is 1. The number of nitriles is 1. The van der Waals surface area contributed by atoms with E-state index in [-0.39, 0.29) is 0 Å². The van der Waals surface area contributed by atoms with Crippen LogP contribution in [0, 0.1) is 11.3 Å². The van der Waals surface area contributed by atoms with E-state index in [1.54, 1.807) is 6.20 Å². The molecule has 0 radical (unpaired) electrons. The van der Waals surface area contributed by atoms with Gasteiger partial charge in [-0.3, -0.25) is 0 Å². The van der Waals surface area contributed by atoms with Crippen LogP contribution >= 0.6 is 0 Å². The minimum atomic E-state index is 0.399. The van der Waals surface area contributed by atoms with Gasteiger partial charge in [0.25, 0.3) is 0 Å². The Bertz CT molecular complexity index is 836. The van der Waals surface area contributed by atoms with E-state index in [4.69, 9.17) is 4.98 Å². The van der Waals surface area contributed by atoms with Crippen molar-refractivity contribution in [1.82, 2.24) is 9.97 Å². The number of rotatable bonds is 3. The average molecular weight is 387 g/mol. The quantitative estimate of drug-likeness (QED) is 0.659. The number of hydrogen-bond donors (Lipinski definition) is 1. The Hall–Kier alpha value is -2.93. The summed E-state index contributed by atoms with van der Waals surface area (Å²) < 4.78 is 0. The highest BCUT2D eigenvalue weighted by atomic mass is 15.1. The summed E-state index contributed by atoms with van der Waals surface area (Å²) in [6.07, 6.45) is 13.1. The van der Waals surface area contributed by atoms with Crippen LogP contribution < -0.4 is 5.32 Å². The third kappa shape index (κ3) is 6.87. The molecule has 0 spiro atoms. The van der Waals surface area contributed by atoms with Gasteiger partial charge < -0.3 is 5.32 Å². The highest BCUT2D eigenvalue weighted by Crippen LogP contribution is 2.23. The molecule has 1 aliphatic carbocycles. The molecule has 0 bridgehead atoms. The maximum Gasteiger partial charge on any atom is 0.223 e. The molecule has 0 saturated heterocycles. The number of nitrogens with zero attached hydrogens (tertiary/aromatic N) is 3. The van der Waals surface area contributed by atoms with Gasteiger partial charge in [0.05, 0.1) is 17.5 Å². The van der Waals surface area contributed by atoms with Gasteiger partial charge in [-0.05, 0) is 12.8 Å². The van der Waals surface area contributed by atoms with E-state index in [0.717, 1.165) is 18.4 Å². The lowest BCUT2D eigenvalue weighted by Gasteiger charge is -2.20. The van der Waals surface area contributed by atoms with E-state index >= 15 is 0 Å². The van der Waals surface area contributed by atoms with E-state index in [0.29, 0.717) is 23.2 Å². The minimum Gasteiger partial charge on any atom is -0.351 e. The van der Waals surface area contributed by atoms with Crippen LogP contribution in [0.5, 0.6) is 0 Å². The summed E-state index contributed by atoms with van der Waals surface area (Å²) in [4.78, 5) is 9.17. The van der Waals surface area contributed by atoms with Crippen molar-refractivity contribution in [2.24, 2.45) is 0 Å². The van der Waals surface area contributed by atoms with Crippen LogP contribution in [0.1, 0.15) is 63.4 Å². The van der Waals surface area contributed by atoms with Crippen LogP contribution in [-0.4, -0.2) is 16.0 Å². The Morgan fingerprint density at radius 1 is 0.793 bits per heavy atom. The second-order valence-electron chi connectivity index (χ2n) is 7.60. The lowest BCUT2D eigenvalue weighted by atomic mass is 9.97. The fourth-order valence-corrected chi connectivity index (χ4v) is 3.74. The fourth-order valence-electron chi connectivity index (χ4n) is 3.74. The zero-order valence-corrected chi connectivity index (χ0v) is 17.1. The SMILES string of the molecule is N#Cc1cnc(NC2CCCCCCCCC2)nc1-c1ccccccccc1. The normalized spacial score (nSPS) is 15.6. The van der Waals surface area contributed by atoms with Gasteiger partial charge in [-0.15, -0.1) is 0 Å². The van der Waals surface area contributed by atoms with Crippen LogP contribution in [-0.2, 0) is 0 Å². The summed E-state index contributed by atoms with van der Waals surface area (Å²) in [5.41, 5.74) is 2.06. The first-order chi connectivity index (χ1) is 14.4. The maximum absolute atomic E-state index is 9.57. The fraction of sp³-hybridized carbons (Fsp3) is 0.400. The molecule has 1 aromatic carbocycles. The second kappa shape index (κ2) is 11.8. The summed E-state index contributed by atoms with van der Waals surface area (Å²) in [7, 11) is 0. The molecule has 1 saturated carbocycles. The molecular weight excluding hydrogens is 356 g/mol. The lowest BCUT2D eigenvalue weighted by molar-refractivity contribution is 0.475. The average Bonchev–Trinajstić information content (AvgIpc) is 2.76. The Balaban J connectivity index is 1.86. The third-order valence-corrected chi connectivity index (χ3v) is 5.34. The molecule has 0 unspecified atom stereocenters. The minimum absolute atomic E-state index is 0.399. The molecule has 3 rings (SSSR count). The lowest BCUT2D eigenvalue weighted by Crippen LogP contribution is -2.21. The van der Waals surface area contributed by atoms with Gasteiger partial charge in [0.1, 0.15) is 6.07 Å². The van der Waals surface area contributed by atoms with Crippen molar-refractivity contribution in [3.63, 3.8) is 0 Å². The summed E-state index contributed by atoms with van der Waals surface area (Å²) in [6.45, 7) is 0. The number of aromatic nitrogens is 2. The Morgan fingerprint density at radius 2 is 1.34 bits per heavy atom. The van der Waals surface area contributed by atoms with Crippen LogP contribution in [0.15, 0.2) is 60.8 Å². The Morgan fingerprint density at radius 3 is 1.93 bits per heavy atom. The zero-order valence-electron chi connectivity index (χ0n) is 17.1. The molecule has 29 heavy (non-hydrogen) atoms. The molecule has 1 heterocycles. The van der Waals surface area contributed by atoms with Crippen molar-refractivity contribution in [2.45, 2.75) is 63.8 Å². The molecule has 1 aromatic heterocycles. The molecule has 4 heteroatoms. The van der Waals surface area contributed by atoms with Crippen molar-refractivity contribution in [3.05, 3.63) is 66.4 Å². The Labute approximate surface area is 174 Å². The summed E-state index contributed by atoms with van der Waals surface area (Å²) in [5.74, 6) is 0.617. The monoisotopic (exact) mass is 386 g/mol. The molecule has 0 amide bonds. The van der Waals surface area contributed by atoms with Gasteiger partial charge in [0.15, 0.2) is 0 Å². The predicted molar refractivity (Wildman–Crippen MR) is 119 cm³/mol. The van der Waals surface area contributed by atoms with E-state index in [1.165, 1.54) is 44.9 Å². The maximum atomic E-state index is 9.57. The van der Waals surface area contributed by atoms with Crippen molar-refractivity contribution in [1.29, 1.82) is 5.26 Å². The highest BCUT2D eigenvalue weighted by Gasteiger charge is 2.14. The van der Waals surface area contributed by atoms with Crippen LogP contribution in [0.25, 0.3) is 11.3 Å². The summed E-state index contributed by atoms with van der Waals surface area (Å²) in [6, 6.07) is 20.4. The van der Waals surface area contributed by atoms with E-state index in [1.807, 2.05) is 54.6 Å². The van der Waals surface area contributed by atoms with Crippen molar-refractivity contribution < 1.29 is 0 Å². The molecule has 4 nitrogen and oxygen atoms in total. The number of hydrogen-bond acceptors (Lipinski definition) is 4. The summed E-state index contributed by atoms with van der Waals surface area (Å²) >= 11 is 0. The second-order valence-corrected chi connectivity index (χ2v) is 7.60. The van der Waals surface area contributed by atoms with E-state index < -0.39 is 0 Å². The smallest absolute Gasteiger partial charge is 0.223 e. The van der Waals surface area contributed by atoms with Gasteiger partial charge in [0, 0.05) is 11.6 Å². The van der Waals surface area contributed by atoms with E-state index in [9.17, 15) is 5.26 Å². The molecule has 0 aliphatic heterocycles. The topological polar surface area (TPSA) is 61.6 Å². The first-order valence-electron chi connectivity index (χ1n) is 10.8. The predicted octanol–water partition coefficient (Wildman–Crippen LogP) is 6.44. The number of nitrogens with one attached hydrogen (secondary N) is 1.